The molecule has 2 aliphatic heterocycles. The summed E-state index contributed by atoms with van der Waals surface area (Å²) in [5, 5.41) is 3.04. The number of nitrogens with one attached hydrogen (secondary N) is 1. The number of carbonyl (C=O) groups excluding carboxylic acids is 1. The van der Waals surface area contributed by atoms with Gasteiger partial charge >= 0.3 is 0 Å². The van der Waals surface area contributed by atoms with E-state index in [2.05, 4.69) is 17.1 Å². The number of nitrogens with zero attached hydrogens (tertiary/aromatic N) is 2. The molecule has 1 atom stereocenters. The molecule has 1 unspecified atom stereocenters. The number of rotatable bonds is 3. The largest absolute Gasteiger partial charge is 0.374 e. The van der Waals surface area contributed by atoms with Crippen molar-refractivity contribution in [3.63, 3.8) is 0 Å². The SMILES string of the molecule is CCN1CCOC(CN2CNCC2=O)C1. The van der Waals surface area contributed by atoms with Crippen LogP contribution in [0, 0.1) is 0 Å². The van der Waals surface area contributed by atoms with Gasteiger partial charge in [-0.05, 0) is 6.54 Å². The van der Waals surface area contributed by atoms with Crippen molar-refractivity contribution in [2.75, 3.05) is 46.0 Å². The number of carbonyl (C=O) groups is 1. The van der Waals surface area contributed by atoms with Gasteiger partial charge in [-0.25, -0.2) is 0 Å². The van der Waals surface area contributed by atoms with Crippen molar-refractivity contribution < 1.29 is 9.53 Å². The fraction of sp³-hybridized carbons (Fsp3) is 0.900. The molecule has 0 aromatic heterocycles. The van der Waals surface area contributed by atoms with Gasteiger partial charge in [-0.15, -0.1) is 0 Å². The van der Waals surface area contributed by atoms with Crippen LogP contribution in [0.15, 0.2) is 0 Å². The summed E-state index contributed by atoms with van der Waals surface area (Å²) < 4.78 is 5.66. The lowest BCUT2D eigenvalue weighted by atomic mass is 10.2. The minimum absolute atomic E-state index is 0.183. The topological polar surface area (TPSA) is 44.8 Å². The Bertz CT molecular complexity index is 235. The third kappa shape index (κ3) is 2.68. The molecule has 2 heterocycles. The van der Waals surface area contributed by atoms with E-state index in [1.165, 1.54) is 0 Å². The zero-order valence-corrected chi connectivity index (χ0v) is 9.24. The number of ether oxygens (including phenoxy) is 1. The van der Waals surface area contributed by atoms with Crippen molar-refractivity contribution >= 4 is 5.91 Å². The average molecular weight is 213 g/mol. The van der Waals surface area contributed by atoms with Crippen molar-refractivity contribution in [1.82, 2.24) is 15.1 Å². The van der Waals surface area contributed by atoms with Crippen LogP contribution in [-0.4, -0.2) is 67.8 Å². The Labute approximate surface area is 90.4 Å². The van der Waals surface area contributed by atoms with Crippen LogP contribution in [0.1, 0.15) is 6.92 Å². The van der Waals surface area contributed by atoms with E-state index in [4.69, 9.17) is 4.74 Å². The van der Waals surface area contributed by atoms with Gasteiger partial charge in [-0.3, -0.25) is 15.0 Å². The van der Waals surface area contributed by atoms with Crippen LogP contribution in [0.2, 0.25) is 0 Å². The first-order chi connectivity index (χ1) is 7.29. The Morgan fingerprint density at radius 2 is 2.47 bits per heavy atom. The number of hydrogen-bond acceptors (Lipinski definition) is 4. The highest BCUT2D eigenvalue weighted by Crippen LogP contribution is 2.07. The van der Waals surface area contributed by atoms with E-state index in [0.29, 0.717) is 13.2 Å². The van der Waals surface area contributed by atoms with Crippen molar-refractivity contribution in [3.05, 3.63) is 0 Å². The molecule has 1 amide bonds. The van der Waals surface area contributed by atoms with E-state index in [-0.39, 0.29) is 12.0 Å². The standard InChI is InChI=1S/C10H19N3O2/c1-2-12-3-4-15-9(6-12)7-13-8-11-5-10(13)14/h9,11H,2-8H2,1H3. The van der Waals surface area contributed by atoms with Gasteiger partial charge in [0.1, 0.15) is 0 Å². The zero-order chi connectivity index (χ0) is 10.7. The van der Waals surface area contributed by atoms with E-state index in [0.717, 1.165) is 32.8 Å². The number of hydrogen-bond donors (Lipinski definition) is 1. The van der Waals surface area contributed by atoms with E-state index >= 15 is 0 Å². The summed E-state index contributed by atoms with van der Waals surface area (Å²) in [5.74, 6) is 0.187. The minimum atomic E-state index is 0.183. The number of amides is 1. The third-order valence-corrected chi connectivity index (χ3v) is 3.03. The molecule has 0 aromatic carbocycles. The van der Waals surface area contributed by atoms with Crippen molar-refractivity contribution in [3.8, 4) is 0 Å². The lowest BCUT2D eigenvalue weighted by Crippen LogP contribution is -2.47. The van der Waals surface area contributed by atoms with Crippen molar-refractivity contribution in [1.29, 1.82) is 0 Å². The molecule has 0 aromatic rings. The fourth-order valence-corrected chi connectivity index (χ4v) is 2.09. The Balaban J connectivity index is 1.80. The molecule has 0 saturated carbocycles. The minimum Gasteiger partial charge on any atom is -0.374 e. The fourth-order valence-electron chi connectivity index (χ4n) is 2.09. The number of morpholine rings is 1. The zero-order valence-electron chi connectivity index (χ0n) is 9.24. The summed E-state index contributed by atoms with van der Waals surface area (Å²) in [4.78, 5) is 15.6. The van der Waals surface area contributed by atoms with Crippen LogP contribution in [-0.2, 0) is 9.53 Å². The molecule has 0 spiro atoms. The molecule has 0 aliphatic carbocycles. The molecule has 86 valence electrons. The normalized spacial score (nSPS) is 28.7. The smallest absolute Gasteiger partial charge is 0.237 e. The molecule has 2 fully saturated rings. The Morgan fingerprint density at radius 3 is 3.13 bits per heavy atom. The molecule has 0 bridgehead atoms. The summed E-state index contributed by atoms with van der Waals surface area (Å²) in [6, 6.07) is 0. The summed E-state index contributed by atoms with van der Waals surface area (Å²) in [6.45, 7) is 7.84. The van der Waals surface area contributed by atoms with Crippen LogP contribution >= 0.6 is 0 Å². The predicted molar refractivity (Wildman–Crippen MR) is 56.4 cm³/mol. The predicted octanol–water partition coefficient (Wildman–Crippen LogP) is -0.904. The van der Waals surface area contributed by atoms with E-state index in [9.17, 15) is 4.79 Å². The lowest BCUT2D eigenvalue weighted by molar-refractivity contribution is -0.129. The molecule has 2 rings (SSSR count). The van der Waals surface area contributed by atoms with Gasteiger partial charge in [0.2, 0.25) is 5.91 Å². The van der Waals surface area contributed by atoms with Gasteiger partial charge in [-0.2, -0.15) is 0 Å². The first-order valence-electron chi connectivity index (χ1n) is 5.62. The Hall–Kier alpha value is -0.650. The second kappa shape index (κ2) is 4.92. The average Bonchev–Trinajstić information content (AvgIpc) is 2.65. The maximum Gasteiger partial charge on any atom is 0.237 e. The Morgan fingerprint density at radius 1 is 1.60 bits per heavy atom. The van der Waals surface area contributed by atoms with Crippen molar-refractivity contribution in [2.45, 2.75) is 13.0 Å². The second-order valence-electron chi connectivity index (χ2n) is 4.09. The van der Waals surface area contributed by atoms with E-state index < -0.39 is 0 Å². The highest BCUT2D eigenvalue weighted by Gasteiger charge is 2.26. The first-order valence-corrected chi connectivity index (χ1v) is 5.62. The van der Waals surface area contributed by atoms with Crippen LogP contribution in [0.4, 0.5) is 0 Å². The van der Waals surface area contributed by atoms with E-state index in [1.807, 2.05) is 4.90 Å². The monoisotopic (exact) mass is 213 g/mol. The molecule has 5 heteroatoms. The molecular formula is C10H19N3O2. The lowest BCUT2D eigenvalue weighted by Gasteiger charge is -2.33. The summed E-state index contributed by atoms with van der Waals surface area (Å²) in [5.41, 5.74) is 0. The molecule has 0 radical (unpaired) electrons. The van der Waals surface area contributed by atoms with Gasteiger partial charge in [0.25, 0.3) is 0 Å². The van der Waals surface area contributed by atoms with Crippen molar-refractivity contribution in [2.24, 2.45) is 0 Å². The van der Waals surface area contributed by atoms with Gasteiger partial charge < -0.3 is 9.64 Å². The summed E-state index contributed by atoms with van der Waals surface area (Å²) in [6.07, 6.45) is 0.183. The maximum atomic E-state index is 11.4. The van der Waals surface area contributed by atoms with Crippen LogP contribution in [0.5, 0.6) is 0 Å². The molecule has 1 N–H and O–H groups in total. The summed E-state index contributed by atoms with van der Waals surface area (Å²) >= 11 is 0. The second-order valence-corrected chi connectivity index (χ2v) is 4.09. The quantitative estimate of drug-likeness (QED) is 0.659. The van der Waals surface area contributed by atoms with Gasteiger partial charge in [0.15, 0.2) is 0 Å². The Kier molecular flexibility index (Phi) is 3.56. The van der Waals surface area contributed by atoms with Crippen LogP contribution in [0.3, 0.4) is 0 Å². The molecule has 2 aliphatic rings. The van der Waals surface area contributed by atoms with Gasteiger partial charge in [0.05, 0.1) is 25.9 Å². The van der Waals surface area contributed by atoms with E-state index in [1.54, 1.807) is 0 Å². The maximum absolute atomic E-state index is 11.4. The highest BCUT2D eigenvalue weighted by molar-refractivity contribution is 5.80. The summed E-state index contributed by atoms with van der Waals surface area (Å²) in [7, 11) is 0. The van der Waals surface area contributed by atoms with Crippen LogP contribution in [0.25, 0.3) is 0 Å². The molecule has 2 saturated heterocycles. The van der Waals surface area contributed by atoms with Gasteiger partial charge in [0, 0.05) is 19.6 Å². The highest BCUT2D eigenvalue weighted by atomic mass is 16.5. The first kappa shape index (κ1) is 10.9. The van der Waals surface area contributed by atoms with Gasteiger partial charge in [-0.1, -0.05) is 6.92 Å². The third-order valence-electron chi connectivity index (χ3n) is 3.03. The number of likely N-dealkylation sites (N-methyl/N-ethyl adjacent to an activating group) is 1. The molecule has 15 heavy (non-hydrogen) atoms. The molecule has 5 nitrogen and oxygen atoms in total. The van der Waals surface area contributed by atoms with Crippen LogP contribution < -0.4 is 5.32 Å². The molecular weight excluding hydrogens is 194 g/mol.